The predicted molar refractivity (Wildman–Crippen MR) is 60.5 cm³/mol. The van der Waals surface area contributed by atoms with E-state index in [-0.39, 0.29) is 0 Å². The van der Waals surface area contributed by atoms with E-state index in [0.29, 0.717) is 22.6 Å². The number of hydrogen-bond acceptors (Lipinski definition) is 3. The van der Waals surface area contributed by atoms with Crippen LogP contribution < -0.4 is 4.74 Å². The summed E-state index contributed by atoms with van der Waals surface area (Å²) in [6, 6.07) is 5.73. The standard InChI is InChI=1S/C13H13FO3/c1-8-5-9(7-17-8)13(15)11-6-10(14)3-4-12(11)16-2/h3-7,13,15H,1-2H3. The van der Waals surface area contributed by atoms with Crippen molar-refractivity contribution >= 4 is 0 Å². The van der Waals surface area contributed by atoms with Crippen molar-refractivity contribution in [3.05, 3.63) is 53.2 Å². The summed E-state index contributed by atoms with van der Waals surface area (Å²) < 4.78 is 23.4. The summed E-state index contributed by atoms with van der Waals surface area (Å²) in [6.07, 6.45) is 0.489. The Morgan fingerprint density at radius 3 is 2.71 bits per heavy atom. The molecule has 4 heteroatoms. The lowest BCUT2D eigenvalue weighted by Gasteiger charge is -2.13. The summed E-state index contributed by atoms with van der Waals surface area (Å²) in [5.41, 5.74) is 0.958. The highest BCUT2D eigenvalue weighted by atomic mass is 19.1. The van der Waals surface area contributed by atoms with E-state index in [4.69, 9.17) is 9.15 Å². The third-order valence-electron chi connectivity index (χ3n) is 2.55. The summed E-state index contributed by atoms with van der Waals surface area (Å²) in [5.74, 6) is 0.715. The molecule has 1 heterocycles. The van der Waals surface area contributed by atoms with Gasteiger partial charge in [-0.05, 0) is 31.2 Å². The molecule has 1 aromatic carbocycles. The number of aryl methyl sites for hydroxylation is 1. The molecule has 0 spiro atoms. The second-order valence-electron chi connectivity index (χ2n) is 3.78. The fourth-order valence-electron chi connectivity index (χ4n) is 1.71. The molecule has 0 radical (unpaired) electrons. The maximum atomic E-state index is 13.2. The van der Waals surface area contributed by atoms with E-state index >= 15 is 0 Å². The van der Waals surface area contributed by atoms with Crippen LogP contribution in [0.2, 0.25) is 0 Å². The number of furan rings is 1. The monoisotopic (exact) mass is 236 g/mol. The molecule has 1 aromatic heterocycles. The van der Waals surface area contributed by atoms with Crippen LogP contribution in [0.25, 0.3) is 0 Å². The lowest BCUT2D eigenvalue weighted by atomic mass is 10.0. The fourth-order valence-corrected chi connectivity index (χ4v) is 1.71. The summed E-state index contributed by atoms with van der Waals surface area (Å²) >= 11 is 0. The first-order valence-corrected chi connectivity index (χ1v) is 5.18. The third-order valence-corrected chi connectivity index (χ3v) is 2.55. The lowest BCUT2D eigenvalue weighted by molar-refractivity contribution is 0.213. The van der Waals surface area contributed by atoms with Crippen LogP contribution in [0.3, 0.4) is 0 Å². The van der Waals surface area contributed by atoms with Gasteiger partial charge in [0.05, 0.1) is 13.4 Å². The molecular weight excluding hydrogens is 223 g/mol. The summed E-state index contributed by atoms with van der Waals surface area (Å²) in [6.45, 7) is 1.78. The first-order chi connectivity index (χ1) is 8.11. The molecule has 3 nitrogen and oxygen atoms in total. The zero-order chi connectivity index (χ0) is 12.4. The first-order valence-electron chi connectivity index (χ1n) is 5.18. The quantitative estimate of drug-likeness (QED) is 0.891. The van der Waals surface area contributed by atoms with E-state index in [9.17, 15) is 9.50 Å². The number of aliphatic hydroxyl groups is 1. The Bertz CT molecular complexity index is 519. The Morgan fingerprint density at radius 1 is 1.35 bits per heavy atom. The van der Waals surface area contributed by atoms with Crippen LogP contribution in [-0.2, 0) is 0 Å². The molecular formula is C13H13FO3. The molecule has 0 amide bonds. The molecule has 0 bridgehead atoms. The Hall–Kier alpha value is -1.81. The van der Waals surface area contributed by atoms with E-state index in [0.717, 1.165) is 0 Å². The fraction of sp³-hybridized carbons (Fsp3) is 0.231. The first kappa shape index (κ1) is 11.7. The van der Waals surface area contributed by atoms with Gasteiger partial charge in [0, 0.05) is 11.1 Å². The van der Waals surface area contributed by atoms with Crippen molar-refractivity contribution in [3.8, 4) is 5.75 Å². The maximum absolute atomic E-state index is 13.2. The summed E-state index contributed by atoms with van der Waals surface area (Å²) in [4.78, 5) is 0. The topological polar surface area (TPSA) is 42.6 Å². The number of hydrogen-bond donors (Lipinski definition) is 1. The zero-order valence-corrected chi connectivity index (χ0v) is 9.61. The molecule has 2 rings (SSSR count). The minimum atomic E-state index is -0.960. The molecule has 0 saturated heterocycles. The van der Waals surface area contributed by atoms with Crippen LogP contribution in [-0.4, -0.2) is 12.2 Å². The lowest BCUT2D eigenvalue weighted by Crippen LogP contribution is -2.02. The van der Waals surface area contributed by atoms with Gasteiger partial charge in [-0.3, -0.25) is 0 Å². The minimum Gasteiger partial charge on any atom is -0.496 e. The summed E-state index contributed by atoms with van der Waals surface area (Å²) in [5, 5.41) is 10.1. The number of aliphatic hydroxyl groups excluding tert-OH is 1. The smallest absolute Gasteiger partial charge is 0.125 e. The van der Waals surface area contributed by atoms with Crippen LogP contribution in [0.5, 0.6) is 5.75 Å². The molecule has 90 valence electrons. The molecule has 1 unspecified atom stereocenters. The normalized spacial score (nSPS) is 12.5. The van der Waals surface area contributed by atoms with Gasteiger partial charge < -0.3 is 14.3 Å². The van der Waals surface area contributed by atoms with E-state index in [2.05, 4.69) is 0 Å². The van der Waals surface area contributed by atoms with Gasteiger partial charge in [-0.1, -0.05) is 0 Å². The second kappa shape index (κ2) is 4.59. The largest absolute Gasteiger partial charge is 0.496 e. The van der Waals surface area contributed by atoms with Gasteiger partial charge >= 0.3 is 0 Å². The Labute approximate surface area is 98.5 Å². The maximum Gasteiger partial charge on any atom is 0.125 e. The molecule has 1 N–H and O–H groups in total. The predicted octanol–water partition coefficient (Wildman–Crippen LogP) is 2.82. The van der Waals surface area contributed by atoms with Gasteiger partial charge in [0.15, 0.2) is 0 Å². The number of benzene rings is 1. The van der Waals surface area contributed by atoms with Crippen molar-refractivity contribution in [2.45, 2.75) is 13.0 Å². The van der Waals surface area contributed by atoms with Gasteiger partial charge in [0.1, 0.15) is 23.4 Å². The molecule has 2 aromatic rings. The molecule has 0 aliphatic carbocycles. The van der Waals surface area contributed by atoms with Crippen molar-refractivity contribution in [1.82, 2.24) is 0 Å². The molecule has 0 fully saturated rings. The number of halogens is 1. The van der Waals surface area contributed by atoms with Crippen molar-refractivity contribution < 1.29 is 18.7 Å². The van der Waals surface area contributed by atoms with Gasteiger partial charge in [-0.25, -0.2) is 4.39 Å². The molecule has 0 saturated carbocycles. The van der Waals surface area contributed by atoms with E-state index in [1.165, 1.54) is 31.6 Å². The van der Waals surface area contributed by atoms with Crippen LogP contribution in [0, 0.1) is 12.7 Å². The highest BCUT2D eigenvalue weighted by Crippen LogP contribution is 2.31. The SMILES string of the molecule is COc1ccc(F)cc1C(O)c1coc(C)c1. The van der Waals surface area contributed by atoms with Crippen LogP contribution in [0.15, 0.2) is 34.9 Å². The average molecular weight is 236 g/mol. The Balaban J connectivity index is 2.42. The molecule has 0 aliphatic rings. The number of ether oxygens (including phenoxy) is 1. The molecule has 17 heavy (non-hydrogen) atoms. The van der Waals surface area contributed by atoms with E-state index in [1.807, 2.05) is 0 Å². The van der Waals surface area contributed by atoms with Crippen molar-refractivity contribution in [2.75, 3.05) is 7.11 Å². The van der Waals surface area contributed by atoms with Crippen molar-refractivity contribution in [2.24, 2.45) is 0 Å². The van der Waals surface area contributed by atoms with Crippen LogP contribution >= 0.6 is 0 Å². The van der Waals surface area contributed by atoms with E-state index in [1.54, 1.807) is 13.0 Å². The van der Waals surface area contributed by atoms with Gasteiger partial charge in [-0.2, -0.15) is 0 Å². The van der Waals surface area contributed by atoms with Gasteiger partial charge in [-0.15, -0.1) is 0 Å². The van der Waals surface area contributed by atoms with Crippen LogP contribution in [0.1, 0.15) is 23.0 Å². The van der Waals surface area contributed by atoms with Crippen molar-refractivity contribution in [1.29, 1.82) is 0 Å². The minimum absolute atomic E-state index is 0.383. The highest BCUT2D eigenvalue weighted by Gasteiger charge is 2.17. The Morgan fingerprint density at radius 2 is 2.12 bits per heavy atom. The number of methoxy groups -OCH3 is 1. The van der Waals surface area contributed by atoms with Gasteiger partial charge in [0.2, 0.25) is 0 Å². The summed E-state index contributed by atoms with van der Waals surface area (Å²) in [7, 11) is 1.48. The second-order valence-corrected chi connectivity index (χ2v) is 3.78. The molecule has 1 atom stereocenters. The van der Waals surface area contributed by atoms with Crippen LogP contribution in [0.4, 0.5) is 4.39 Å². The number of rotatable bonds is 3. The third kappa shape index (κ3) is 2.31. The van der Waals surface area contributed by atoms with E-state index < -0.39 is 11.9 Å². The Kier molecular flexibility index (Phi) is 3.15. The van der Waals surface area contributed by atoms with Crippen molar-refractivity contribution in [3.63, 3.8) is 0 Å². The average Bonchev–Trinajstić information content (AvgIpc) is 2.75. The molecule has 0 aliphatic heterocycles. The zero-order valence-electron chi connectivity index (χ0n) is 9.61. The highest BCUT2D eigenvalue weighted by molar-refractivity contribution is 5.40. The van der Waals surface area contributed by atoms with Gasteiger partial charge in [0.25, 0.3) is 0 Å².